The van der Waals surface area contributed by atoms with E-state index >= 15 is 0 Å². The second-order valence-electron chi connectivity index (χ2n) is 4.87. The Morgan fingerprint density at radius 3 is 2.52 bits per heavy atom. The van der Waals surface area contributed by atoms with Gasteiger partial charge in [0.2, 0.25) is 11.2 Å². The first-order chi connectivity index (χ1) is 11.0. The van der Waals surface area contributed by atoms with E-state index in [4.69, 9.17) is 20.8 Å². The number of carbonyl (C=O) groups excluding carboxylic acids is 1. The number of aryl methyl sites for hydroxylation is 1. The Hall–Kier alpha value is -2.79. The van der Waals surface area contributed by atoms with Crippen LogP contribution in [0.3, 0.4) is 0 Å². The third kappa shape index (κ3) is 2.66. The van der Waals surface area contributed by atoms with Crippen LogP contribution in [0.1, 0.15) is 16.1 Å². The van der Waals surface area contributed by atoms with Crippen LogP contribution in [0.2, 0.25) is 5.02 Å². The van der Waals surface area contributed by atoms with Gasteiger partial charge < -0.3 is 14.3 Å². The van der Waals surface area contributed by atoms with Crippen molar-refractivity contribution in [3.8, 4) is 17.2 Å². The van der Waals surface area contributed by atoms with Gasteiger partial charge in [0, 0.05) is 5.02 Å². The number of fused-ring (bicyclic) bond motifs is 1. The second-order valence-corrected chi connectivity index (χ2v) is 5.30. The third-order valence-electron chi connectivity index (χ3n) is 3.35. The number of hydrogen-bond acceptors (Lipinski definition) is 5. The van der Waals surface area contributed by atoms with Crippen molar-refractivity contribution < 1.29 is 19.1 Å². The molecule has 0 amide bonds. The Morgan fingerprint density at radius 2 is 1.87 bits per heavy atom. The number of halogens is 1. The molecule has 1 N–H and O–H groups in total. The number of phenols is 1. The molecule has 0 spiro atoms. The summed E-state index contributed by atoms with van der Waals surface area (Å²) < 4.78 is 11.1. The van der Waals surface area contributed by atoms with E-state index in [1.165, 1.54) is 12.1 Å². The molecule has 0 saturated heterocycles. The molecule has 0 fully saturated rings. The quantitative estimate of drug-likeness (QED) is 0.733. The Kier molecular flexibility index (Phi) is 3.80. The molecule has 0 aliphatic rings. The lowest BCUT2D eigenvalue weighted by atomic mass is 10.1. The summed E-state index contributed by atoms with van der Waals surface area (Å²) in [5.74, 6) is 0.397. The highest BCUT2D eigenvalue weighted by molar-refractivity contribution is 6.30. The van der Waals surface area contributed by atoms with E-state index in [2.05, 4.69) is 0 Å². The van der Waals surface area contributed by atoms with Gasteiger partial charge in [-0.1, -0.05) is 11.6 Å². The molecule has 116 valence electrons. The van der Waals surface area contributed by atoms with Crippen molar-refractivity contribution in [3.63, 3.8) is 0 Å². The van der Waals surface area contributed by atoms with Crippen LogP contribution in [-0.2, 0) is 0 Å². The number of ether oxygens (including phenoxy) is 1. The molecular formula is C17H11ClO5. The molecule has 0 bridgehead atoms. The van der Waals surface area contributed by atoms with Crippen molar-refractivity contribution in [1.29, 1.82) is 0 Å². The van der Waals surface area contributed by atoms with Gasteiger partial charge in [-0.15, -0.1) is 0 Å². The minimum absolute atomic E-state index is 0.0161. The van der Waals surface area contributed by atoms with Gasteiger partial charge in [-0.2, -0.15) is 0 Å². The number of phenolic OH excluding ortho intramolecular Hbond substituents is 1. The van der Waals surface area contributed by atoms with Gasteiger partial charge >= 0.3 is 0 Å². The maximum Gasteiger partial charge on any atom is 0.235 e. The Bertz CT molecular complexity index is 957. The van der Waals surface area contributed by atoms with Crippen molar-refractivity contribution in [1.82, 2.24) is 0 Å². The summed E-state index contributed by atoms with van der Waals surface area (Å²) in [6, 6.07) is 9.18. The first kappa shape index (κ1) is 15.1. The fraction of sp³-hybridized carbons (Fsp3) is 0.0588. The minimum atomic E-state index is -0.429. The van der Waals surface area contributed by atoms with Gasteiger partial charge in [0.1, 0.15) is 17.3 Å². The highest BCUT2D eigenvalue weighted by Crippen LogP contribution is 2.30. The molecule has 0 unspecified atom stereocenters. The molecule has 3 aromatic rings. The Balaban J connectivity index is 2.19. The lowest BCUT2D eigenvalue weighted by molar-refractivity contribution is 0.112. The second kappa shape index (κ2) is 5.78. The number of carbonyl (C=O) groups is 1. The normalized spacial score (nSPS) is 10.7. The van der Waals surface area contributed by atoms with Crippen molar-refractivity contribution in [3.05, 3.63) is 63.0 Å². The average molecular weight is 331 g/mol. The van der Waals surface area contributed by atoms with Gasteiger partial charge in [0.05, 0.1) is 10.9 Å². The van der Waals surface area contributed by atoms with E-state index in [0.717, 1.165) is 0 Å². The molecule has 0 saturated carbocycles. The topological polar surface area (TPSA) is 76.7 Å². The van der Waals surface area contributed by atoms with Gasteiger partial charge in [0.15, 0.2) is 11.9 Å². The maximum absolute atomic E-state index is 12.6. The largest absolute Gasteiger partial charge is 0.507 e. The summed E-state index contributed by atoms with van der Waals surface area (Å²) in [6.07, 6.45) is 0.444. The SMILES string of the molecule is Cc1oc2c(C=O)c(O)ccc2c(=O)c1Oc1ccc(Cl)cc1. The Morgan fingerprint density at radius 1 is 1.17 bits per heavy atom. The van der Waals surface area contributed by atoms with Crippen LogP contribution < -0.4 is 10.2 Å². The minimum Gasteiger partial charge on any atom is -0.507 e. The van der Waals surface area contributed by atoms with Crippen LogP contribution in [0.15, 0.2) is 45.6 Å². The third-order valence-corrected chi connectivity index (χ3v) is 3.60. The summed E-state index contributed by atoms with van der Waals surface area (Å²) in [6.45, 7) is 1.55. The molecule has 0 atom stereocenters. The number of aldehydes is 1. The molecule has 3 rings (SSSR count). The van der Waals surface area contributed by atoms with Crippen molar-refractivity contribution in [2.75, 3.05) is 0 Å². The standard InChI is InChI=1S/C17H11ClO5/c1-9-16(23-11-4-2-10(18)3-5-11)15(21)12-6-7-14(20)13(8-19)17(12)22-9/h2-8,20H,1H3. The van der Waals surface area contributed by atoms with Crippen LogP contribution in [0.5, 0.6) is 17.2 Å². The van der Waals surface area contributed by atoms with Gasteiger partial charge in [-0.3, -0.25) is 9.59 Å². The zero-order valence-electron chi connectivity index (χ0n) is 12.0. The summed E-state index contributed by atoms with van der Waals surface area (Å²) in [5.41, 5.74) is -0.464. The van der Waals surface area contributed by atoms with E-state index in [1.807, 2.05) is 0 Å². The molecule has 0 aliphatic heterocycles. The number of hydrogen-bond donors (Lipinski definition) is 1. The van der Waals surface area contributed by atoms with Crippen molar-refractivity contribution in [2.45, 2.75) is 6.92 Å². The van der Waals surface area contributed by atoms with E-state index in [1.54, 1.807) is 31.2 Å². The van der Waals surface area contributed by atoms with Gasteiger partial charge in [0.25, 0.3) is 0 Å². The van der Waals surface area contributed by atoms with Crippen molar-refractivity contribution in [2.24, 2.45) is 0 Å². The highest BCUT2D eigenvalue weighted by atomic mass is 35.5. The maximum atomic E-state index is 12.6. The molecular weight excluding hydrogens is 320 g/mol. The summed E-state index contributed by atoms with van der Waals surface area (Å²) in [5, 5.41) is 10.4. The van der Waals surface area contributed by atoms with E-state index in [-0.39, 0.29) is 33.8 Å². The lowest BCUT2D eigenvalue weighted by Crippen LogP contribution is -2.08. The number of rotatable bonds is 3. The zero-order valence-corrected chi connectivity index (χ0v) is 12.8. The lowest BCUT2D eigenvalue weighted by Gasteiger charge is -2.10. The van der Waals surface area contributed by atoms with Crippen LogP contribution in [0, 0.1) is 6.92 Å². The predicted octanol–water partition coefficient (Wildman–Crippen LogP) is 4.07. The fourth-order valence-electron chi connectivity index (χ4n) is 2.21. The number of benzene rings is 2. The predicted molar refractivity (Wildman–Crippen MR) is 85.8 cm³/mol. The van der Waals surface area contributed by atoms with Gasteiger partial charge in [-0.05, 0) is 43.3 Å². The molecule has 2 aromatic carbocycles. The number of aromatic hydroxyl groups is 1. The molecule has 1 aromatic heterocycles. The molecule has 5 nitrogen and oxygen atoms in total. The van der Waals surface area contributed by atoms with Crippen LogP contribution >= 0.6 is 11.6 Å². The summed E-state index contributed by atoms with van der Waals surface area (Å²) >= 11 is 5.81. The first-order valence-corrected chi connectivity index (χ1v) is 7.07. The summed E-state index contributed by atoms with van der Waals surface area (Å²) in [7, 11) is 0. The molecule has 23 heavy (non-hydrogen) atoms. The van der Waals surface area contributed by atoms with Crippen LogP contribution in [0.25, 0.3) is 11.0 Å². The molecule has 6 heteroatoms. The van der Waals surface area contributed by atoms with Crippen molar-refractivity contribution >= 4 is 28.9 Å². The molecule has 1 heterocycles. The monoisotopic (exact) mass is 330 g/mol. The van der Waals surface area contributed by atoms with E-state index < -0.39 is 5.43 Å². The zero-order chi connectivity index (χ0) is 16.6. The molecule has 0 aliphatic carbocycles. The van der Waals surface area contributed by atoms with E-state index in [0.29, 0.717) is 17.1 Å². The highest BCUT2D eigenvalue weighted by Gasteiger charge is 2.18. The molecule has 0 radical (unpaired) electrons. The average Bonchev–Trinajstić information content (AvgIpc) is 2.53. The smallest absolute Gasteiger partial charge is 0.235 e. The van der Waals surface area contributed by atoms with Gasteiger partial charge in [-0.25, -0.2) is 0 Å². The first-order valence-electron chi connectivity index (χ1n) is 6.69. The fourth-order valence-corrected chi connectivity index (χ4v) is 2.34. The van der Waals surface area contributed by atoms with E-state index in [9.17, 15) is 14.7 Å². The summed E-state index contributed by atoms with van der Waals surface area (Å²) in [4.78, 5) is 23.7. The van der Waals surface area contributed by atoms with Crippen LogP contribution in [-0.4, -0.2) is 11.4 Å². The van der Waals surface area contributed by atoms with Crippen LogP contribution in [0.4, 0.5) is 0 Å². The Labute approximate surface area is 135 Å².